The highest BCUT2D eigenvalue weighted by Gasteiger charge is 2.20. The zero-order valence-corrected chi connectivity index (χ0v) is 18.5. The molecule has 0 bridgehead atoms. The Morgan fingerprint density at radius 2 is 1.87 bits per heavy atom. The van der Waals surface area contributed by atoms with Crippen molar-refractivity contribution in [2.45, 2.75) is 59.5 Å². The normalized spacial score (nSPS) is 15.1. The second kappa shape index (κ2) is 10.4. The van der Waals surface area contributed by atoms with Crippen molar-refractivity contribution >= 4 is 5.91 Å². The van der Waals surface area contributed by atoms with E-state index in [-0.39, 0.29) is 5.91 Å². The average molecular weight is 408 g/mol. The number of aryl methyl sites for hydroxylation is 3. The molecule has 1 aliphatic rings. The van der Waals surface area contributed by atoms with Crippen molar-refractivity contribution in [3.63, 3.8) is 0 Å². The summed E-state index contributed by atoms with van der Waals surface area (Å²) < 4.78 is 1.90. The van der Waals surface area contributed by atoms with E-state index in [1.165, 1.54) is 11.1 Å². The predicted octanol–water partition coefficient (Wildman–Crippen LogP) is 3.39. The van der Waals surface area contributed by atoms with E-state index >= 15 is 0 Å². The second-order valence-corrected chi connectivity index (χ2v) is 8.28. The summed E-state index contributed by atoms with van der Waals surface area (Å²) in [6.07, 6.45) is 2.70. The maximum absolute atomic E-state index is 12.9. The zero-order chi connectivity index (χ0) is 21.5. The van der Waals surface area contributed by atoms with Crippen molar-refractivity contribution in [3.8, 4) is 6.07 Å². The number of amides is 1. The Labute approximate surface area is 180 Å². The summed E-state index contributed by atoms with van der Waals surface area (Å²) >= 11 is 0. The lowest BCUT2D eigenvalue weighted by Crippen LogP contribution is -2.35. The monoisotopic (exact) mass is 407 g/mol. The third-order valence-corrected chi connectivity index (χ3v) is 6.02. The minimum absolute atomic E-state index is 0.232. The van der Waals surface area contributed by atoms with Crippen LogP contribution in [0.2, 0.25) is 0 Å². The van der Waals surface area contributed by atoms with E-state index < -0.39 is 0 Å². The van der Waals surface area contributed by atoms with Gasteiger partial charge in [-0.2, -0.15) is 10.4 Å². The fourth-order valence-electron chi connectivity index (χ4n) is 4.19. The number of rotatable bonds is 7. The van der Waals surface area contributed by atoms with Crippen LogP contribution >= 0.6 is 0 Å². The fraction of sp³-hybridized carbons (Fsp3) is 0.542. The maximum Gasteiger partial charge on any atom is 0.222 e. The molecule has 1 saturated heterocycles. The summed E-state index contributed by atoms with van der Waals surface area (Å²) in [6.45, 7) is 11.3. The van der Waals surface area contributed by atoms with Crippen LogP contribution in [-0.4, -0.2) is 51.7 Å². The van der Waals surface area contributed by atoms with Gasteiger partial charge in [-0.3, -0.25) is 14.4 Å². The highest BCUT2D eigenvalue weighted by Crippen LogP contribution is 2.17. The van der Waals surface area contributed by atoms with Gasteiger partial charge in [0, 0.05) is 44.8 Å². The summed E-state index contributed by atoms with van der Waals surface area (Å²) in [5.74, 6) is 0.232. The van der Waals surface area contributed by atoms with Gasteiger partial charge in [-0.25, -0.2) is 0 Å². The van der Waals surface area contributed by atoms with Crippen molar-refractivity contribution in [1.82, 2.24) is 19.6 Å². The van der Waals surface area contributed by atoms with E-state index in [9.17, 15) is 4.79 Å². The van der Waals surface area contributed by atoms with Gasteiger partial charge in [-0.05, 0) is 44.7 Å². The van der Waals surface area contributed by atoms with E-state index in [2.05, 4.69) is 47.3 Å². The molecule has 160 valence electrons. The molecule has 30 heavy (non-hydrogen) atoms. The van der Waals surface area contributed by atoms with E-state index in [1.54, 1.807) is 0 Å². The van der Waals surface area contributed by atoms with Crippen molar-refractivity contribution in [1.29, 1.82) is 5.26 Å². The largest absolute Gasteiger partial charge is 0.341 e. The number of nitriles is 1. The number of hydrogen-bond donors (Lipinski definition) is 0. The van der Waals surface area contributed by atoms with Crippen molar-refractivity contribution < 1.29 is 4.79 Å². The van der Waals surface area contributed by atoms with Gasteiger partial charge in [0.15, 0.2) is 0 Å². The Morgan fingerprint density at radius 3 is 2.60 bits per heavy atom. The minimum atomic E-state index is 0.232. The first-order valence-electron chi connectivity index (χ1n) is 10.9. The van der Waals surface area contributed by atoms with Crippen LogP contribution in [0.25, 0.3) is 0 Å². The molecule has 2 heterocycles. The van der Waals surface area contributed by atoms with Gasteiger partial charge in [0.1, 0.15) is 0 Å². The Kier molecular flexibility index (Phi) is 7.64. The first kappa shape index (κ1) is 22.0. The van der Waals surface area contributed by atoms with Gasteiger partial charge >= 0.3 is 0 Å². The van der Waals surface area contributed by atoms with Crippen LogP contribution in [-0.2, 0) is 24.3 Å². The lowest BCUT2D eigenvalue weighted by atomic mass is 10.1. The number of nitrogens with zero attached hydrogens (tertiary/aromatic N) is 5. The first-order chi connectivity index (χ1) is 14.5. The van der Waals surface area contributed by atoms with Gasteiger partial charge in [0.2, 0.25) is 5.91 Å². The number of hydrogen-bond acceptors (Lipinski definition) is 4. The summed E-state index contributed by atoms with van der Waals surface area (Å²) in [5.41, 5.74) is 5.82. The number of carbonyl (C=O) groups is 1. The van der Waals surface area contributed by atoms with Gasteiger partial charge in [0.25, 0.3) is 0 Å². The topological polar surface area (TPSA) is 65.2 Å². The maximum atomic E-state index is 12.9. The Hall–Kier alpha value is -2.65. The number of benzene rings is 1. The lowest BCUT2D eigenvalue weighted by Gasteiger charge is -2.22. The SMILES string of the molecule is Cc1ccc(CN2CCCN(C(=O)CCc3c(C)nn(CCC#N)c3C)CC2)cc1. The van der Waals surface area contributed by atoms with Crippen LogP contribution in [0.1, 0.15) is 47.3 Å². The van der Waals surface area contributed by atoms with Gasteiger partial charge in [-0.15, -0.1) is 0 Å². The highest BCUT2D eigenvalue weighted by molar-refractivity contribution is 5.76. The molecular weight excluding hydrogens is 374 g/mol. The third kappa shape index (κ3) is 5.70. The van der Waals surface area contributed by atoms with Gasteiger partial charge in [-0.1, -0.05) is 29.8 Å². The van der Waals surface area contributed by atoms with Crippen LogP contribution in [0, 0.1) is 32.1 Å². The molecule has 0 unspecified atom stereocenters. The Balaban J connectivity index is 1.51. The molecule has 6 heteroatoms. The molecule has 0 spiro atoms. The summed E-state index contributed by atoms with van der Waals surface area (Å²) in [7, 11) is 0. The quantitative estimate of drug-likeness (QED) is 0.706. The lowest BCUT2D eigenvalue weighted by molar-refractivity contribution is -0.131. The predicted molar refractivity (Wildman–Crippen MR) is 118 cm³/mol. The van der Waals surface area contributed by atoms with Gasteiger partial charge in [0.05, 0.1) is 24.7 Å². The van der Waals surface area contributed by atoms with Crippen molar-refractivity contribution in [2.24, 2.45) is 0 Å². The van der Waals surface area contributed by atoms with Crippen LogP contribution in [0.15, 0.2) is 24.3 Å². The van der Waals surface area contributed by atoms with E-state index in [4.69, 9.17) is 5.26 Å². The standard InChI is InChI=1S/C24H33N5O/c1-19-6-8-22(9-7-19)18-27-13-5-14-28(17-16-27)24(30)11-10-23-20(2)26-29(21(23)3)15-4-12-25/h6-9H,4-5,10-11,13-18H2,1-3H3. The summed E-state index contributed by atoms with van der Waals surface area (Å²) in [4.78, 5) is 17.3. The second-order valence-electron chi connectivity index (χ2n) is 8.28. The molecule has 0 saturated carbocycles. The first-order valence-corrected chi connectivity index (χ1v) is 10.9. The molecule has 0 radical (unpaired) electrons. The molecule has 0 aliphatic carbocycles. The minimum Gasteiger partial charge on any atom is -0.341 e. The summed E-state index contributed by atoms with van der Waals surface area (Å²) in [5, 5.41) is 13.3. The molecule has 1 amide bonds. The zero-order valence-electron chi connectivity index (χ0n) is 18.5. The third-order valence-electron chi connectivity index (χ3n) is 6.02. The van der Waals surface area contributed by atoms with Crippen molar-refractivity contribution in [3.05, 3.63) is 52.3 Å². The number of carbonyl (C=O) groups excluding carboxylic acids is 1. The molecule has 1 aliphatic heterocycles. The molecule has 1 aromatic carbocycles. The van der Waals surface area contributed by atoms with Gasteiger partial charge < -0.3 is 4.90 Å². The molecule has 1 fully saturated rings. The van der Waals surface area contributed by atoms with Crippen molar-refractivity contribution in [2.75, 3.05) is 26.2 Å². The van der Waals surface area contributed by atoms with E-state index in [0.29, 0.717) is 25.8 Å². The molecule has 0 N–H and O–H groups in total. The summed E-state index contributed by atoms with van der Waals surface area (Å²) in [6, 6.07) is 10.9. The molecule has 1 aromatic heterocycles. The molecule has 0 atom stereocenters. The highest BCUT2D eigenvalue weighted by atomic mass is 16.2. The van der Waals surface area contributed by atoms with E-state index in [1.807, 2.05) is 23.4 Å². The Morgan fingerprint density at radius 1 is 1.10 bits per heavy atom. The number of aromatic nitrogens is 2. The molecule has 3 rings (SSSR count). The average Bonchev–Trinajstić information content (AvgIpc) is 2.88. The molecule has 2 aromatic rings. The van der Waals surface area contributed by atoms with Crippen LogP contribution < -0.4 is 0 Å². The molecule has 6 nitrogen and oxygen atoms in total. The van der Waals surface area contributed by atoms with E-state index in [0.717, 1.165) is 56.1 Å². The van der Waals surface area contributed by atoms with Crippen LogP contribution in [0.4, 0.5) is 0 Å². The smallest absolute Gasteiger partial charge is 0.222 e. The van der Waals surface area contributed by atoms with Crippen LogP contribution in [0.5, 0.6) is 0 Å². The fourth-order valence-corrected chi connectivity index (χ4v) is 4.19. The molecular formula is C24H33N5O. The van der Waals surface area contributed by atoms with Crippen LogP contribution in [0.3, 0.4) is 0 Å². The Bertz CT molecular complexity index is 894.